The normalized spacial score (nSPS) is 21.8. The van der Waals surface area contributed by atoms with Gasteiger partial charge < -0.3 is 15.0 Å². The van der Waals surface area contributed by atoms with Crippen molar-refractivity contribution in [2.75, 3.05) is 16.3 Å². The Bertz CT molecular complexity index is 996. The van der Waals surface area contributed by atoms with E-state index in [1.807, 2.05) is 24.2 Å². The molecule has 0 spiro atoms. The van der Waals surface area contributed by atoms with E-state index in [1.54, 1.807) is 11.6 Å². The minimum Gasteiger partial charge on any atom is -0.442 e. The molecule has 2 amide bonds. The van der Waals surface area contributed by atoms with Gasteiger partial charge in [0.1, 0.15) is 11.9 Å². The molecule has 3 aliphatic rings. The lowest BCUT2D eigenvalue weighted by Crippen LogP contribution is -2.40. The highest BCUT2D eigenvalue weighted by molar-refractivity contribution is 5.94. The number of carbonyl (C=O) groups is 2. The minimum absolute atomic E-state index is 0.0919. The highest BCUT2D eigenvalue weighted by Crippen LogP contribution is 2.42. The Morgan fingerprint density at radius 3 is 2.90 bits per heavy atom. The molecule has 0 bridgehead atoms. The molecule has 0 aliphatic carbocycles. The van der Waals surface area contributed by atoms with E-state index < -0.39 is 12.2 Å². The largest absolute Gasteiger partial charge is 0.442 e. The molecule has 4 heterocycles. The number of hydrogen-bond donors (Lipinski definition) is 1. The third kappa shape index (κ3) is 2.83. The van der Waals surface area contributed by atoms with Crippen LogP contribution >= 0.6 is 0 Å². The number of fused-ring (bicyclic) bond motifs is 4. The first-order valence-corrected chi connectivity index (χ1v) is 9.80. The van der Waals surface area contributed by atoms with Crippen molar-refractivity contribution in [3.8, 4) is 0 Å². The van der Waals surface area contributed by atoms with Gasteiger partial charge in [-0.1, -0.05) is 6.92 Å². The number of rotatable bonds is 4. The van der Waals surface area contributed by atoms with Gasteiger partial charge in [0.05, 0.1) is 36.2 Å². The summed E-state index contributed by atoms with van der Waals surface area (Å²) in [6.45, 7) is 3.20. The number of cyclic esters (lactones) is 1. The van der Waals surface area contributed by atoms with E-state index in [0.717, 1.165) is 16.8 Å². The van der Waals surface area contributed by atoms with E-state index in [1.165, 1.54) is 11.0 Å². The number of aryl methyl sites for hydroxylation is 1. The van der Waals surface area contributed by atoms with Gasteiger partial charge in [-0.05, 0) is 18.1 Å². The standard InChI is InChI=1S/C20H22FN5O3/c1-3-19(27)22-7-18-17-5-11-4-16(13(21)6-15(11)26(17)20(28)29-18)25-9-12-8-24(2)23-14(12)10-25/h4,6,8,17-18H,3,5,7,9-10H2,1-2H3,(H,22,27)/t17-,18-/m0/s1. The summed E-state index contributed by atoms with van der Waals surface area (Å²) in [5.74, 6) is -0.458. The molecule has 2 aromatic rings. The number of carbonyl (C=O) groups excluding carboxylic acids is 2. The molecule has 1 aromatic heterocycles. The van der Waals surface area contributed by atoms with Crippen LogP contribution in [-0.4, -0.2) is 40.5 Å². The summed E-state index contributed by atoms with van der Waals surface area (Å²) in [7, 11) is 1.88. The quantitative estimate of drug-likeness (QED) is 0.849. The van der Waals surface area contributed by atoms with Gasteiger partial charge in [0.25, 0.3) is 0 Å². The fourth-order valence-corrected chi connectivity index (χ4v) is 4.49. The average Bonchev–Trinajstić information content (AvgIpc) is 3.39. The number of nitrogens with zero attached hydrogens (tertiary/aromatic N) is 4. The summed E-state index contributed by atoms with van der Waals surface area (Å²) in [5.41, 5.74) is 4.06. The first-order chi connectivity index (χ1) is 13.9. The maximum atomic E-state index is 15.0. The van der Waals surface area contributed by atoms with Crippen LogP contribution in [0.3, 0.4) is 0 Å². The van der Waals surface area contributed by atoms with E-state index in [0.29, 0.717) is 37.3 Å². The maximum absolute atomic E-state index is 15.0. The topological polar surface area (TPSA) is 79.7 Å². The van der Waals surface area contributed by atoms with Crippen LogP contribution < -0.4 is 15.1 Å². The van der Waals surface area contributed by atoms with Crippen molar-refractivity contribution in [2.24, 2.45) is 7.05 Å². The summed E-state index contributed by atoms with van der Waals surface area (Å²) in [6.07, 6.45) is 1.97. The van der Waals surface area contributed by atoms with Crippen LogP contribution in [0.15, 0.2) is 18.3 Å². The van der Waals surface area contributed by atoms with Gasteiger partial charge in [-0.3, -0.25) is 14.4 Å². The zero-order valence-electron chi connectivity index (χ0n) is 16.3. The SMILES string of the molecule is CCC(=O)NC[C@@H]1OC(=O)N2c3cc(F)c(N4Cc5cn(C)nc5C4)cc3C[C@@H]12. The maximum Gasteiger partial charge on any atom is 0.415 e. The van der Waals surface area contributed by atoms with Crippen molar-refractivity contribution in [1.82, 2.24) is 15.1 Å². The molecule has 0 radical (unpaired) electrons. The number of nitrogens with one attached hydrogen (secondary N) is 1. The number of aromatic nitrogens is 2. The molecule has 0 saturated carbocycles. The van der Waals surface area contributed by atoms with Crippen molar-refractivity contribution in [1.29, 1.82) is 0 Å². The Kier molecular flexibility index (Phi) is 4.01. The van der Waals surface area contributed by atoms with E-state index >= 15 is 0 Å². The summed E-state index contributed by atoms with van der Waals surface area (Å²) < 4.78 is 22.2. The third-order valence-electron chi connectivity index (χ3n) is 5.90. The number of hydrogen-bond acceptors (Lipinski definition) is 5. The van der Waals surface area contributed by atoms with Gasteiger partial charge in [0.2, 0.25) is 5.91 Å². The lowest BCUT2D eigenvalue weighted by atomic mass is 10.0. The molecule has 5 rings (SSSR count). The van der Waals surface area contributed by atoms with Gasteiger partial charge in [-0.2, -0.15) is 5.10 Å². The number of amides is 2. The molecule has 29 heavy (non-hydrogen) atoms. The summed E-state index contributed by atoms with van der Waals surface area (Å²) in [6, 6.07) is 3.03. The van der Waals surface area contributed by atoms with Crippen molar-refractivity contribution in [3.63, 3.8) is 0 Å². The number of ether oxygens (including phenoxy) is 1. The van der Waals surface area contributed by atoms with E-state index in [4.69, 9.17) is 4.74 Å². The second kappa shape index (κ2) is 6.47. The lowest BCUT2D eigenvalue weighted by molar-refractivity contribution is -0.121. The molecular formula is C20H22FN5O3. The molecule has 0 unspecified atom stereocenters. The minimum atomic E-state index is -0.491. The molecule has 8 nitrogen and oxygen atoms in total. The molecule has 3 aliphatic heterocycles. The Morgan fingerprint density at radius 1 is 1.31 bits per heavy atom. The first-order valence-electron chi connectivity index (χ1n) is 9.80. The molecule has 1 aromatic carbocycles. The lowest BCUT2D eigenvalue weighted by Gasteiger charge is -2.20. The second-order valence-electron chi connectivity index (χ2n) is 7.78. The molecular weight excluding hydrogens is 377 g/mol. The van der Waals surface area contributed by atoms with Crippen LogP contribution in [0.2, 0.25) is 0 Å². The predicted octanol–water partition coefficient (Wildman–Crippen LogP) is 1.86. The van der Waals surface area contributed by atoms with E-state index in [-0.39, 0.29) is 24.3 Å². The Morgan fingerprint density at radius 2 is 2.14 bits per heavy atom. The monoisotopic (exact) mass is 399 g/mol. The zero-order valence-corrected chi connectivity index (χ0v) is 16.3. The van der Waals surface area contributed by atoms with Crippen LogP contribution in [0.5, 0.6) is 0 Å². The summed E-state index contributed by atoms with van der Waals surface area (Å²) >= 11 is 0. The second-order valence-corrected chi connectivity index (χ2v) is 7.78. The highest BCUT2D eigenvalue weighted by Gasteiger charge is 2.48. The van der Waals surface area contributed by atoms with Crippen LogP contribution in [0.4, 0.5) is 20.6 Å². The smallest absolute Gasteiger partial charge is 0.415 e. The van der Waals surface area contributed by atoms with Crippen molar-refractivity contribution < 1.29 is 18.7 Å². The summed E-state index contributed by atoms with van der Waals surface area (Å²) in [4.78, 5) is 27.4. The number of halogens is 1. The average molecular weight is 399 g/mol. The van der Waals surface area contributed by atoms with Gasteiger partial charge >= 0.3 is 6.09 Å². The van der Waals surface area contributed by atoms with Gasteiger partial charge in [-0.15, -0.1) is 0 Å². The summed E-state index contributed by atoms with van der Waals surface area (Å²) in [5, 5.41) is 7.21. The van der Waals surface area contributed by atoms with Gasteiger partial charge in [0.15, 0.2) is 0 Å². The molecule has 1 fully saturated rings. The van der Waals surface area contributed by atoms with Gasteiger partial charge in [-0.25, -0.2) is 9.18 Å². The third-order valence-corrected chi connectivity index (χ3v) is 5.90. The Balaban J connectivity index is 1.38. The fraction of sp³-hybridized carbons (Fsp3) is 0.450. The molecule has 152 valence electrons. The molecule has 1 saturated heterocycles. The zero-order chi connectivity index (χ0) is 20.3. The Hall–Kier alpha value is -3.10. The Labute approximate surface area is 167 Å². The van der Waals surface area contributed by atoms with Crippen LogP contribution in [0, 0.1) is 5.82 Å². The van der Waals surface area contributed by atoms with Crippen LogP contribution in [0.25, 0.3) is 0 Å². The van der Waals surface area contributed by atoms with Crippen LogP contribution in [0.1, 0.15) is 30.2 Å². The molecule has 9 heteroatoms. The van der Waals surface area contributed by atoms with Crippen molar-refractivity contribution >= 4 is 23.4 Å². The van der Waals surface area contributed by atoms with Crippen molar-refractivity contribution in [3.05, 3.63) is 41.0 Å². The van der Waals surface area contributed by atoms with E-state index in [2.05, 4.69) is 10.4 Å². The highest BCUT2D eigenvalue weighted by atomic mass is 19.1. The number of benzene rings is 1. The van der Waals surface area contributed by atoms with Gasteiger partial charge in [0, 0.05) is 37.8 Å². The number of anilines is 2. The molecule has 2 atom stereocenters. The fourth-order valence-electron chi connectivity index (χ4n) is 4.49. The van der Waals surface area contributed by atoms with E-state index in [9.17, 15) is 14.0 Å². The van der Waals surface area contributed by atoms with Crippen molar-refractivity contribution in [2.45, 2.75) is 45.0 Å². The first kappa shape index (κ1) is 18.0. The van der Waals surface area contributed by atoms with Crippen LogP contribution in [-0.2, 0) is 36.1 Å². The predicted molar refractivity (Wildman–Crippen MR) is 103 cm³/mol. The molecule has 1 N–H and O–H groups in total.